The van der Waals surface area contributed by atoms with Crippen LogP contribution < -0.4 is 10.1 Å². The third-order valence-corrected chi connectivity index (χ3v) is 3.10. The van der Waals surface area contributed by atoms with Crippen molar-refractivity contribution in [1.29, 1.82) is 0 Å². The van der Waals surface area contributed by atoms with Gasteiger partial charge < -0.3 is 15.2 Å². The highest BCUT2D eigenvalue weighted by molar-refractivity contribution is 5.91. The molecule has 0 spiro atoms. The number of rotatable bonds is 3. The lowest BCUT2D eigenvalue weighted by Gasteiger charge is -2.35. The molecule has 0 aromatic heterocycles. The minimum absolute atomic E-state index is 0.0914. The molecule has 1 aliphatic rings. The van der Waals surface area contributed by atoms with E-state index in [4.69, 9.17) is 9.84 Å². The Morgan fingerprint density at radius 2 is 2.33 bits per heavy atom. The molecular formula is C13H16FNO3. The Balaban J connectivity index is 2.28. The maximum absolute atomic E-state index is 13.5. The molecule has 2 rings (SSSR count). The molecular weight excluding hydrogens is 237 g/mol. The van der Waals surface area contributed by atoms with Crippen LogP contribution in [0.15, 0.2) is 18.2 Å². The fourth-order valence-electron chi connectivity index (χ4n) is 2.18. The zero-order valence-electron chi connectivity index (χ0n) is 10.2. The molecule has 0 saturated carbocycles. The average molecular weight is 253 g/mol. The molecule has 1 unspecified atom stereocenters. The van der Waals surface area contributed by atoms with E-state index in [1.807, 2.05) is 6.92 Å². The fourth-order valence-corrected chi connectivity index (χ4v) is 2.18. The van der Waals surface area contributed by atoms with Crippen LogP contribution in [-0.2, 0) is 0 Å². The fraction of sp³-hybridized carbons (Fsp3) is 0.462. The van der Waals surface area contributed by atoms with E-state index in [0.717, 1.165) is 25.5 Å². The van der Waals surface area contributed by atoms with Crippen molar-refractivity contribution in [3.8, 4) is 5.75 Å². The minimum atomic E-state index is -1.31. The lowest BCUT2D eigenvalue weighted by Crippen LogP contribution is -2.47. The van der Waals surface area contributed by atoms with Gasteiger partial charge in [-0.15, -0.1) is 0 Å². The standard InChI is InChI=1S/C13H16FNO3/c1-13(6-3-7-15-8-13)18-10-5-2-4-9(14)11(10)12(16)17/h2,4-5,15H,3,6-8H2,1H3,(H,16,17). The summed E-state index contributed by atoms with van der Waals surface area (Å²) in [5, 5.41) is 12.2. The Hall–Kier alpha value is -1.62. The predicted octanol–water partition coefficient (Wildman–Crippen LogP) is 2.04. The highest BCUT2D eigenvalue weighted by Gasteiger charge is 2.30. The van der Waals surface area contributed by atoms with Gasteiger partial charge in [0.25, 0.3) is 0 Å². The van der Waals surface area contributed by atoms with Gasteiger partial charge in [-0.25, -0.2) is 9.18 Å². The van der Waals surface area contributed by atoms with Gasteiger partial charge in [-0.2, -0.15) is 0 Å². The van der Waals surface area contributed by atoms with E-state index in [2.05, 4.69) is 5.32 Å². The molecule has 1 heterocycles. The largest absolute Gasteiger partial charge is 0.485 e. The van der Waals surface area contributed by atoms with Crippen LogP contribution in [0.2, 0.25) is 0 Å². The van der Waals surface area contributed by atoms with Crippen molar-refractivity contribution in [3.05, 3.63) is 29.6 Å². The van der Waals surface area contributed by atoms with Crippen LogP contribution in [-0.4, -0.2) is 29.8 Å². The highest BCUT2D eigenvalue weighted by atomic mass is 19.1. The number of ether oxygens (including phenoxy) is 1. The van der Waals surface area contributed by atoms with Crippen LogP contribution >= 0.6 is 0 Å². The van der Waals surface area contributed by atoms with E-state index < -0.39 is 23.0 Å². The number of carbonyl (C=O) groups is 1. The topological polar surface area (TPSA) is 58.6 Å². The first-order valence-corrected chi connectivity index (χ1v) is 5.93. The number of carboxylic acid groups (broad SMARTS) is 1. The van der Waals surface area contributed by atoms with E-state index in [1.165, 1.54) is 12.1 Å². The average Bonchev–Trinajstić information content (AvgIpc) is 2.28. The van der Waals surface area contributed by atoms with Crippen molar-refractivity contribution in [2.24, 2.45) is 0 Å². The molecule has 2 N–H and O–H groups in total. The third kappa shape index (κ3) is 2.61. The summed E-state index contributed by atoms with van der Waals surface area (Å²) in [5.41, 5.74) is -0.889. The summed E-state index contributed by atoms with van der Waals surface area (Å²) < 4.78 is 19.2. The van der Waals surface area contributed by atoms with Crippen LogP contribution in [0.1, 0.15) is 30.1 Å². The smallest absolute Gasteiger partial charge is 0.342 e. The van der Waals surface area contributed by atoms with Crippen molar-refractivity contribution in [2.75, 3.05) is 13.1 Å². The van der Waals surface area contributed by atoms with E-state index >= 15 is 0 Å². The van der Waals surface area contributed by atoms with Crippen molar-refractivity contribution >= 4 is 5.97 Å². The maximum atomic E-state index is 13.5. The summed E-state index contributed by atoms with van der Waals surface area (Å²) in [5.74, 6) is -1.99. The Morgan fingerprint density at radius 1 is 1.56 bits per heavy atom. The molecule has 0 amide bonds. The van der Waals surface area contributed by atoms with Crippen molar-refractivity contribution < 1.29 is 19.0 Å². The van der Waals surface area contributed by atoms with Crippen LogP contribution in [0, 0.1) is 5.82 Å². The van der Waals surface area contributed by atoms with Crippen molar-refractivity contribution in [2.45, 2.75) is 25.4 Å². The van der Waals surface area contributed by atoms with Gasteiger partial charge in [-0.3, -0.25) is 0 Å². The molecule has 1 aromatic carbocycles. The number of hydrogen-bond acceptors (Lipinski definition) is 3. The zero-order chi connectivity index (χ0) is 13.2. The predicted molar refractivity (Wildman–Crippen MR) is 64.5 cm³/mol. The molecule has 0 aliphatic carbocycles. The summed E-state index contributed by atoms with van der Waals surface area (Å²) in [6, 6.07) is 4.07. The first kappa shape index (κ1) is 12.8. The Labute approximate surface area is 105 Å². The first-order chi connectivity index (χ1) is 8.52. The highest BCUT2D eigenvalue weighted by Crippen LogP contribution is 2.28. The second kappa shape index (κ2) is 4.94. The van der Waals surface area contributed by atoms with Gasteiger partial charge in [0.05, 0.1) is 0 Å². The summed E-state index contributed by atoms with van der Waals surface area (Å²) in [7, 11) is 0. The lowest BCUT2D eigenvalue weighted by molar-refractivity contribution is 0.0548. The minimum Gasteiger partial charge on any atom is -0.485 e. The van der Waals surface area contributed by atoms with E-state index in [9.17, 15) is 9.18 Å². The number of piperidine rings is 1. The SMILES string of the molecule is CC1(Oc2cccc(F)c2C(=O)O)CCCNC1. The van der Waals surface area contributed by atoms with Crippen LogP contribution in [0.5, 0.6) is 5.75 Å². The maximum Gasteiger partial charge on any atom is 0.342 e. The summed E-state index contributed by atoms with van der Waals surface area (Å²) >= 11 is 0. The quantitative estimate of drug-likeness (QED) is 0.865. The van der Waals surface area contributed by atoms with Gasteiger partial charge in [-0.05, 0) is 38.4 Å². The molecule has 1 atom stereocenters. The van der Waals surface area contributed by atoms with E-state index in [-0.39, 0.29) is 5.75 Å². The number of hydrogen-bond donors (Lipinski definition) is 2. The molecule has 1 saturated heterocycles. The van der Waals surface area contributed by atoms with E-state index in [1.54, 1.807) is 0 Å². The molecule has 4 nitrogen and oxygen atoms in total. The molecule has 1 aliphatic heterocycles. The van der Waals surface area contributed by atoms with Crippen LogP contribution in [0.3, 0.4) is 0 Å². The first-order valence-electron chi connectivity index (χ1n) is 5.93. The second-order valence-corrected chi connectivity index (χ2v) is 4.75. The van der Waals surface area contributed by atoms with Crippen LogP contribution in [0.4, 0.5) is 4.39 Å². The van der Waals surface area contributed by atoms with Crippen molar-refractivity contribution in [3.63, 3.8) is 0 Å². The summed E-state index contributed by atoms with van der Waals surface area (Å²) in [6.45, 7) is 3.45. The summed E-state index contributed by atoms with van der Waals surface area (Å²) in [6.07, 6.45) is 1.77. The molecule has 98 valence electrons. The Kier molecular flexibility index (Phi) is 3.52. The number of carboxylic acids is 1. The van der Waals surface area contributed by atoms with Gasteiger partial charge >= 0.3 is 5.97 Å². The zero-order valence-corrected chi connectivity index (χ0v) is 10.2. The molecule has 1 aromatic rings. The molecule has 0 bridgehead atoms. The summed E-state index contributed by atoms with van der Waals surface area (Å²) in [4.78, 5) is 11.1. The van der Waals surface area contributed by atoms with Gasteiger partial charge in [-0.1, -0.05) is 6.07 Å². The van der Waals surface area contributed by atoms with Gasteiger partial charge in [0, 0.05) is 6.54 Å². The van der Waals surface area contributed by atoms with Gasteiger partial charge in [0.15, 0.2) is 0 Å². The Bertz CT molecular complexity index is 456. The molecule has 18 heavy (non-hydrogen) atoms. The molecule has 5 heteroatoms. The second-order valence-electron chi connectivity index (χ2n) is 4.75. The van der Waals surface area contributed by atoms with Crippen LogP contribution in [0.25, 0.3) is 0 Å². The number of halogens is 1. The Morgan fingerprint density at radius 3 is 2.94 bits per heavy atom. The lowest BCUT2D eigenvalue weighted by atomic mass is 9.96. The normalized spacial score (nSPS) is 23.7. The third-order valence-electron chi connectivity index (χ3n) is 3.10. The number of benzene rings is 1. The van der Waals surface area contributed by atoms with Crippen molar-refractivity contribution in [1.82, 2.24) is 5.32 Å². The number of nitrogens with one attached hydrogen (secondary N) is 1. The molecule has 0 radical (unpaired) electrons. The molecule has 1 fully saturated rings. The van der Waals surface area contributed by atoms with Gasteiger partial charge in [0.2, 0.25) is 0 Å². The van der Waals surface area contributed by atoms with Gasteiger partial charge in [0.1, 0.15) is 22.7 Å². The van der Waals surface area contributed by atoms with E-state index in [0.29, 0.717) is 6.54 Å². The number of aromatic carboxylic acids is 1. The monoisotopic (exact) mass is 253 g/mol.